The molecule has 0 bridgehead atoms. The lowest BCUT2D eigenvalue weighted by atomic mass is 9.80. The van der Waals surface area contributed by atoms with E-state index in [9.17, 15) is 5.11 Å². The van der Waals surface area contributed by atoms with Crippen molar-refractivity contribution in [2.24, 2.45) is 5.92 Å². The van der Waals surface area contributed by atoms with E-state index < -0.39 is 0 Å². The number of rotatable bonds is 2. The normalized spacial score (nSPS) is 42.6. The van der Waals surface area contributed by atoms with Crippen LogP contribution in [0.4, 0.5) is 0 Å². The summed E-state index contributed by atoms with van der Waals surface area (Å²) in [6, 6.07) is 0. The molecule has 0 saturated carbocycles. The largest absolute Gasteiger partial charge is 0.390 e. The molecule has 3 rings (SSSR count). The van der Waals surface area contributed by atoms with E-state index >= 15 is 0 Å². The van der Waals surface area contributed by atoms with Crippen LogP contribution >= 0.6 is 11.8 Å². The minimum Gasteiger partial charge on any atom is -0.390 e. The Labute approximate surface area is 119 Å². The van der Waals surface area contributed by atoms with Gasteiger partial charge in [-0.15, -0.1) is 0 Å². The summed E-state index contributed by atoms with van der Waals surface area (Å²) >= 11 is 1.98. The predicted octanol–water partition coefficient (Wildman–Crippen LogP) is 0.980. The van der Waals surface area contributed by atoms with Gasteiger partial charge in [-0.1, -0.05) is 0 Å². The molecule has 4 unspecified atom stereocenters. The highest BCUT2D eigenvalue weighted by Gasteiger charge is 2.44. The number of aliphatic hydroxyl groups is 1. The number of ether oxygens (including phenoxy) is 2. The van der Waals surface area contributed by atoms with Gasteiger partial charge in [0.15, 0.2) is 0 Å². The summed E-state index contributed by atoms with van der Waals surface area (Å²) in [5.41, 5.74) is 0.0507. The summed E-state index contributed by atoms with van der Waals surface area (Å²) in [6.45, 7) is 3.35. The zero-order valence-electron chi connectivity index (χ0n) is 11.7. The smallest absolute Gasteiger partial charge is 0.0963 e. The summed E-state index contributed by atoms with van der Waals surface area (Å²) in [6.07, 6.45) is 2.76. The highest BCUT2D eigenvalue weighted by atomic mass is 32.2. The van der Waals surface area contributed by atoms with Crippen molar-refractivity contribution < 1.29 is 14.6 Å². The second kappa shape index (κ2) is 5.90. The van der Waals surface area contributed by atoms with Gasteiger partial charge in [0.25, 0.3) is 0 Å². The number of aliphatic hydroxyl groups excluding tert-OH is 1. The molecule has 1 N–H and O–H groups in total. The number of hydrogen-bond acceptors (Lipinski definition) is 5. The molecule has 4 atom stereocenters. The SMILES string of the molecule is CN1CCOC(C(O)C2CCOC3(CCSC3)C2)C1. The van der Waals surface area contributed by atoms with Crippen LogP contribution in [0.2, 0.25) is 0 Å². The monoisotopic (exact) mass is 287 g/mol. The van der Waals surface area contributed by atoms with Crippen LogP contribution in [-0.4, -0.2) is 72.7 Å². The minimum atomic E-state index is -0.339. The molecule has 0 amide bonds. The fourth-order valence-corrected chi connectivity index (χ4v) is 4.92. The summed E-state index contributed by atoms with van der Waals surface area (Å²) in [5.74, 6) is 2.64. The fraction of sp³-hybridized carbons (Fsp3) is 1.00. The molecule has 0 aromatic carbocycles. The Kier molecular flexibility index (Phi) is 4.39. The van der Waals surface area contributed by atoms with Crippen LogP contribution in [0, 0.1) is 5.92 Å². The Hall–Kier alpha value is 0.190. The maximum Gasteiger partial charge on any atom is 0.0963 e. The van der Waals surface area contributed by atoms with Gasteiger partial charge in [0.05, 0.1) is 24.4 Å². The first kappa shape index (κ1) is 14.1. The Morgan fingerprint density at radius 2 is 2.32 bits per heavy atom. The fourth-order valence-electron chi connectivity index (χ4n) is 3.54. The van der Waals surface area contributed by atoms with Crippen molar-refractivity contribution in [1.29, 1.82) is 0 Å². The van der Waals surface area contributed by atoms with E-state index in [0.29, 0.717) is 5.92 Å². The predicted molar refractivity (Wildman–Crippen MR) is 76.6 cm³/mol. The lowest BCUT2D eigenvalue weighted by molar-refractivity contribution is -0.143. The molecular weight excluding hydrogens is 262 g/mol. The standard InChI is InChI=1S/C14H25NO3S/c1-15-4-6-17-12(9-15)13(16)11-2-5-18-14(8-11)3-7-19-10-14/h11-13,16H,2-10H2,1H3. The van der Waals surface area contributed by atoms with E-state index in [1.54, 1.807) is 0 Å². The molecule has 0 aliphatic carbocycles. The third-order valence-corrected chi connectivity index (χ3v) is 5.98. The molecule has 0 radical (unpaired) electrons. The molecule has 19 heavy (non-hydrogen) atoms. The van der Waals surface area contributed by atoms with E-state index in [1.165, 1.54) is 5.75 Å². The molecule has 1 spiro atoms. The highest BCUT2D eigenvalue weighted by Crippen LogP contribution is 2.41. The van der Waals surface area contributed by atoms with Crippen LogP contribution in [0.25, 0.3) is 0 Å². The molecule has 0 aromatic heterocycles. The Bertz CT molecular complexity index is 309. The van der Waals surface area contributed by atoms with Crippen molar-refractivity contribution in [2.45, 2.75) is 37.1 Å². The Balaban J connectivity index is 1.61. The molecule has 3 aliphatic rings. The highest BCUT2D eigenvalue weighted by molar-refractivity contribution is 7.99. The zero-order valence-corrected chi connectivity index (χ0v) is 12.5. The van der Waals surface area contributed by atoms with Crippen LogP contribution in [0.1, 0.15) is 19.3 Å². The number of likely N-dealkylation sites (N-methyl/N-ethyl adjacent to an activating group) is 1. The molecule has 110 valence electrons. The van der Waals surface area contributed by atoms with Crippen molar-refractivity contribution in [2.75, 3.05) is 44.9 Å². The second-order valence-corrected chi connectivity index (χ2v) is 7.35. The third kappa shape index (κ3) is 3.10. The van der Waals surface area contributed by atoms with E-state index in [1.807, 2.05) is 11.8 Å². The summed E-state index contributed by atoms with van der Waals surface area (Å²) in [5, 5.41) is 10.6. The van der Waals surface area contributed by atoms with Crippen LogP contribution < -0.4 is 0 Å². The molecule has 4 nitrogen and oxygen atoms in total. The topological polar surface area (TPSA) is 41.9 Å². The van der Waals surface area contributed by atoms with Gasteiger partial charge >= 0.3 is 0 Å². The molecule has 5 heteroatoms. The first-order valence-electron chi connectivity index (χ1n) is 7.38. The Morgan fingerprint density at radius 1 is 1.42 bits per heavy atom. The molecule has 3 aliphatic heterocycles. The van der Waals surface area contributed by atoms with Crippen LogP contribution in [0.5, 0.6) is 0 Å². The number of thioether (sulfide) groups is 1. The van der Waals surface area contributed by atoms with Gasteiger partial charge in [0, 0.05) is 25.4 Å². The van der Waals surface area contributed by atoms with E-state index in [-0.39, 0.29) is 17.8 Å². The molecular formula is C14H25NO3S. The quantitative estimate of drug-likeness (QED) is 0.820. The van der Waals surface area contributed by atoms with Crippen molar-refractivity contribution >= 4 is 11.8 Å². The Morgan fingerprint density at radius 3 is 3.05 bits per heavy atom. The number of morpholine rings is 1. The maximum absolute atomic E-state index is 10.6. The van der Waals surface area contributed by atoms with Gasteiger partial charge in [-0.2, -0.15) is 11.8 Å². The lowest BCUT2D eigenvalue weighted by Gasteiger charge is -2.42. The zero-order chi connectivity index (χ0) is 13.3. The summed E-state index contributed by atoms with van der Waals surface area (Å²) in [4.78, 5) is 2.25. The lowest BCUT2D eigenvalue weighted by Crippen LogP contribution is -2.51. The van der Waals surface area contributed by atoms with Gasteiger partial charge in [-0.3, -0.25) is 0 Å². The van der Waals surface area contributed by atoms with Gasteiger partial charge in [0.1, 0.15) is 0 Å². The van der Waals surface area contributed by atoms with Crippen molar-refractivity contribution in [3.8, 4) is 0 Å². The average Bonchev–Trinajstić information content (AvgIpc) is 2.86. The number of hydrogen-bond donors (Lipinski definition) is 1. The van der Waals surface area contributed by atoms with Crippen molar-refractivity contribution in [3.63, 3.8) is 0 Å². The second-order valence-electron chi connectivity index (χ2n) is 6.25. The third-order valence-electron chi connectivity index (χ3n) is 4.76. The van der Waals surface area contributed by atoms with Gasteiger partial charge in [-0.25, -0.2) is 0 Å². The summed E-state index contributed by atoms with van der Waals surface area (Å²) in [7, 11) is 2.10. The molecule has 0 aromatic rings. The van der Waals surface area contributed by atoms with E-state index in [0.717, 1.165) is 51.3 Å². The molecule has 3 saturated heterocycles. The minimum absolute atomic E-state index is 0.0204. The van der Waals surface area contributed by atoms with E-state index in [4.69, 9.17) is 9.47 Å². The first-order valence-corrected chi connectivity index (χ1v) is 8.54. The summed E-state index contributed by atoms with van der Waals surface area (Å²) < 4.78 is 11.8. The molecule has 3 heterocycles. The van der Waals surface area contributed by atoms with Gasteiger partial charge in [0.2, 0.25) is 0 Å². The number of nitrogens with zero attached hydrogens (tertiary/aromatic N) is 1. The van der Waals surface area contributed by atoms with Gasteiger partial charge < -0.3 is 19.5 Å². The van der Waals surface area contributed by atoms with Crippen LogP contribution in [-0.2, 0) is 9.47 Å². The van der Waals surface area contributed by atoms with Crippen LogP contribution in [0.15, 0.2) is 0 Å². The van der Waals surface area contributed by atoms with Crippen LogP contribution in [0.3, 0.4) is 0 Å². The molecule has 3 fully saturated rings. The average molecular weight is 287 g/mol. The van der Waals surface area contributed by atoms with Gasteiger partial charge in [-0.05, 0) is 38.0 Å². The van der Waals surface area contributed by atoms with Crippen molar-refractivity contribution in [3.05, 3.63) is 0 Å². The van der Waals surface area contributed by atoms with E-state index in [2.05, 4.69) is 11.9 Å². The maximum atomic E-state index is 10.6. The van der Waals surface area contributed by atoms with Crippen molar-refractivity contribution in [1.82, 2.24) is 4.90 Å². The first-order chi connectivity index (χ1) is 9.19.